The zero-order valence-corrected chi connectivity index (χ0v) is 9.73. The molecule has 1 aromatic rings. The van der Waals surface area contributed by atoms with Crippen LogP contribution >= 0.6 is 0 Å². The molecule has 0 amide bonds. The van der Waals surface area contributed by atoms with Gasteiger partial charge in [0.15, 0.2) is 0 Å². The first-order valence-electron chi connectivity index (χ1n) is 5.31. The van der Waals surface area contributed by atoms with E-state index in [1.807, 2.05) is 19.3 Å². The number of nitrogens with two attached hydrogens (primary N) is 1. The lowest BCUT2D eigenvalue weighted by atomic mass is 9.93. The highest BCUT2D eigenvalue weighted by Gasteiger charge is 2.14. The molecule has 0 radical (unpaired) electrons. The summed E-state index contributed by atoms with van der Waals surface area (Å²) < 4.78 is 5.05. The summed E-state index contributed by atoms with van der Waals surface area (Å²) in [6.07, 6.45) is 4.67. The van der Waals surface area contributed by atoms with Gasteiger partial charge in [0.05, 0.1) is 0 Å². The van der Waals surface area contributed by atoms with Crippen LogP contribution in [0.2, 0.25) is 0 Å². The highest BCUT2D eigenvalue weighted by molar-refractivity contribution is 5.20. The summed E-state index contributed by atoms with van der Waals surface area (Å²) in [5.74, 6) is 0.411. The number of nitrogens with zero attached hydrogens (tertiary/aromatic N) is 1. The van der Waals surface area contributed by atoms with E-state index >= 15 is 0 Å². The molecule has 0 saturated heterocycles. The lowest BCUT2D eigenvalue weighted by molar-refractivity contribution is 0.174. The molecule has 0 saturated carbocycles. The summed E-state index contributed by atoms with van der Waals surface area (Å²) in [5.41, 5.74) is 8.42. The SMILES string of the molecule is COCCC(C)C(N)c1cncc(C)c1. The zero-order valence-electron chi connectivity index (χ0n) is 9.73. The average molecular weight is 208 g/mol. The second-order valence-electron chi connectivity index (χ2n) is 4.08. The highest BCUT2D eigenvalue weighted by atomic mass is 16.5. The van der Waals surface area contributed by atoms with Crippen LogP contribution < -0.4 is 5.73 Å². The van der Waals surface area contributed by atoms with Crippen molar-refractivity contribution in [1.29, 1.82) is 0 Å². The average Bonchev–Trinajstić information content (AvgIpc) is 2.24. The van der Waals surface area contributed by atoms with Crippen LogP contribution in [-0.4, -0.2) is 18.7 Å². The van der Waals surface area contributed by atoms with Gasteiger partial charge in [0.1, 0.15) is 0 Å². The minimum atomic E-state index is 0.0487. The van der Waals surface area contributed by atoms with E-state index in [1.165, 1.54) is 0 Å². The molecular weight excluding hydrogens is 188 g/mol. The summed E-state index contributed by atoms with van der Waals surface area (Å²) in [4.78, 5) is 4.16. The predicted molar refractivity (Wildman–Crippen MR) is 61.6 cm³/mol. The Kier molecular flexibility index (Phi) is 4.72. The molecule has 1 aromatic heterocycles. The van der Waals surface area contributed by atoms with Crippen LogP contribution in [0.5, 0.6) is 0 Å². The van der Waals surface area contributed by atoms with Gasteiger partial charge in [-0.3, -0.25) is 4.98 Å². The molecule has 2 unspecified atom stereocenters. The number of methoxy groups -OCH3 is 1. The third-order valence-corrected chi connectivity index (χ3v) is 2.67. The normalized spacial score (nSPS) is 14.9. The Hall–Kier alpha value is -0.930. The molecule has 84 valence electrons. The van der Waals surface area contributed by atoms with Gasteiger partial charge in [-0.15, -0.1) is 0 Å². The molecule has 0 bridgehead atoms. The summed E-state index contributed by atoms with van der Waals surface area (Å²) in [5, 5.41) is 0. The predicted octanol–water partition coefficient (Wildman–Crippen LogP) is 2.06. The third kappa shape index (κ3) is 3.61. The van der Waals surface area contributed by atoms with Crippen LogP contribution in [0, 0.1) is 12.8 Å². The molecule has 1 heterocycles. The first-order chi connectivity index (χ1) is 7.15. The van der Waals surface area contributed by atoms with Gasteiger partial charge in [-0.1, -0.05) is 13.0 Å². The summed E-state index contributed by atoms with van der Waals surface area (Å²) in [7, 11) is 1.71. The molecule has 15 heavy (non-hydrogen) atoms. The number of hydrogen-bond acceptors (Lipinski definition) is 3. The smallest absolute Gasteiger partial charge is 0.0465 e. The maximum atomic E-state index is 6.15. The molecule has 1 rings (SSSR count). The fourth-order valence-electron chi connectivity index (χ4n) is 1.57. The lowest BCUT2D eigenvalue weighted by Crippen LogP contribution is -2.20. The Balaban J connectivity index is 2.62. The molecule has 0 spiro atoms. The van der Waals surface area contributed by atoms with Crippen molar-refractivity contribution >= 4 is 0 Å². The van der Waals surface area contributed by atoms with Crippen LogP contribution in [-0.2, 0) is 4.74 Å². The van der Waals surface area contributed by atoms with Crippen molar-refractivity contribution < 1.29 is 4.74 Å². The van der Waals surface area contributed by atoms with Crippen LogP contribution in [0.25, 0.3) is 0 Å². The molecular formula is C12H20N2O. The Labute approximate surface area is 91.7 Å². The van der Waals surface area contributed by atoms with Gasteiger partial charge in [0, 0.05) is 32.2 Å². The first kappa shape index (κ1) is 12.1. The van der Waals surface area contributed by atoms with Gasteiger partial charge in [-0.2, -0.15) is 0 Å². The quantitative estimate of drug-likeness (QED) is 0.805. The van der Waals surface area contributed by atoms with Crippen molar-refractivity contribution in [3.05, 3.63) is 29.6 Å². The molecule has 3 nitrogen and oxygen atoms in total. The third-order valence-electron chi connectivity index (χ3n) is 2.67. The Morgan fingerprint density at radius 2 is 2.20 bits per heavy atom. The van der Waals surface area contributed by atoms with E-state index in [4.69, 9.17) is 10.5 Å². The van der Waals surface area contributed by atoms with E-state index in [0.717, 1.165) is 24.2 Å². The fourth-order valence-corrected chi connectivity index (χ4v) is 1.57. The maximum Gasteiger partial charge on any atom is 0.0465 e. The van der Waals surface area contributed by atoms with Crippen LogP contribution in [0.4, 0.5) is 0 Å². The monoisotopic (exact) mass is 208 g/mol. The van der Waals surface area contributed by atoms with Crippen molar-refractivity contribution in [2.45, 2.75) is 26.3 Å². The summed E-state index contributed by atoms with van der Waals surface area (Å²) in [6, 6.07) is 2.15. The van der Waals surface area contributed by atoms with Crippen molar-refractivity contribution in [1.82, 2.24) is 4.98 Å². The van der Waals surface area contributed by atoms with E-state index in [0.29, 0.717) is 5.92 Å². The number of aryl methyl sites for hydroxylation is 1. The Bertz CT molecular complexity index is 301. The standard InChI is InChI=1S/C12H20N2O/c1-9-6-11(8-14-7-9)12(13)10(2)4-5-15-3/h6-8,10,12H,4-5,13H2,1-3H3. The van der Waals surface area contributed by atoms with E-state index in [1.54, 1.807) is 7.11 Å². The Morgan fingerprint density at radius 3 is 2.80 bits per heavy atom. The van der Waals surface area contributed by atoms with Crippen molar-refractivity contribution in [2.75, 3.05) is 13.7 Å². The van der Waals surface area contributed by atoms with E-state index in [9.17, 15) is 0 Å². The number of pyridine rings is 1. The van der Waals surface area contributed by atoms with Gasteiger partial charge in [-0.25, -0.2) is 0 Å². The molecule has 0 aliphatic heterocycles. The number of aromatic nitrogens is 1. The van der Waals surface area contributed by atoms with Crippen LogP contribution in [0.3, 0.4) is 0 Å². The molecule has 0 fully saturated rings. The largest absolute Gasteiger partial charge is 0.385 e. The topological polar surface area (TPSA) is 48.1 Å². The van der Waals surface area contributed by atoms with Crippen molar-refractivity contribution in [3.63, 3.8) is 0 Å². The van der Waals surface area contributed by atoms with Gasteiger partial charge in [-0.05, 0) is 30.4 Å². The minimum absolute atomic E-state index is 0.0487. The first-order valence-corrected chi connectivity index (χ1v) is 5.31. The van der Waals surface area contributed by atoms with Crippen LogP contribution in [0.15, 0.2) is 18.5 Å². The maximum absolute atomic E-state index is 6.15. The number of hydrogen-bond donors (Lipinski definition) is 1. The highest BCUT2D eigenvalue weighted by Crippen LogP contribution is 2.21. The summed E-state index contributed by atoms with van der Waals surface area (Å²) >= 11 is 0. The van der Waals surface area contributed by atoms with Crippen LogP contribution in [0.1, 0.15) is 30.5 Å². The van der Waals surface area contributed by atoms with Gasteiger partial charge >= 0.3 is 0 Å². The van der Waals surface area contributed by atoms with Crippen molar-refractivity contribution in [3.8, 4) is 0 Å². The molecule has 0 aromatic carbocycles. The molecule has 2 N–H and O–H groups in total. The second kappa shape index (κ2) is 5.83. The van der Waals surface area contributed by atoms with E-state index in [2.05, 4.69) is 18.0 Å². The second-order valence-corrected chi connectivity index (χ2v) is 4.08. The van der Waals surface area contributed by atoms with Gasteiger partial charge in [0.25, 0.3) is 0 Å². The molecule has 0 aliphatic carbocycles. The fraction of sp³-hybridized carbons (Fsp3) is 0.583. The lowest BCUT2D eigenvalue weighted by Gasteiger charge is -2.19. The van der Waals surface area contributed by atoms with E-state index in [-0.39, 0.29) is 6.04 Å². The number of ether oxygens (including phenoxy) is 1. The summed E-state index contributed by atoms with van der Waals surface area (Å²) in [6.45, 7) is 4.93. The number of rotatable bonds is 5. The van der Waals surface area contributed by atoms with Crippen molar-refractivity contribution in [2.24, 2.45) is 11.7 Å². The minimum Gasteiger partial charge on any atom is -0.385 e. The molecule has 0 aliphatic rings. The molecule has 2 atom stereocenters. The van der Waals surface area contributed by atoms with Gasteiger partial charge < -0.3 is 10.5 Å². The molecule has 3 heteroatoms. The van der Waals surface area contributed by atoms with Gasteiger partial charge in [0.2, 0.25) is 0 Å². The zero-order chi connectivity index (χ0) is 11.3. The Morgan fingerprint density at radius 1 is 1.47 bits per heavy atom. The van der Waals surface area contributed by atoms with E-state index < -0.39 is 0 Å².